The fraction of sp³-hybridized carbons (Fsp3) is 0.667. The number of hydrogen-bond donors (Lipinski definition) is 2. The predicted octanol–water partition coefficient (Wildman–Crippen LogP) is 1.89. The van der Waals surface area contributed by atoms with Gasteiger partial charge in [0.1, 0.15) is 5.69 Å². The molecule has 0 bridgehead atoms. The van der Waals surface area contributed by atoms with Crippen LogP contribution in [-0.4, -0.2) is 61.8 Å². The van der Waals surface area contributed by atoms with Gasteiger partial charge in [-0.2, -0.15) is 5.10 Å². The maximum absolute atomic E-state index is 12.3. The molecule has 1 saturated heterocycles. The molecule has 1 aromatic rings. The van der Waals surface area contributed by atoms with Gasteiger partial charge in [0, 0.05) is 30.2 Å². The van der Waals surface area contributed by atoms with Gasteiger partial charge >= 0.3 is 6.09 Å². The van der Waals surface area contributed by atoms with Crippen LogP contribution in [0.15, 0.2) is 6.07 Å². The van der Waals surface area contributed by atoms with E-state index in [9.17, 15) is 14.7 Å². The van der Waals surface area contributed by atoms with Crippen LogP contribution in [0.1, 0.15) is 55.7 Å². The zero-order valence-corrected chi connectivity index (χ0v) is 13.2. The van der Waals surface area contributed by atoms with Crippen molar-refractivity contribution in [2.24, 2.45) is 0 Å². The van der Waals surface area contributed by atoms with Crippen molar-refractivity contribution in [2.75, 3.05) is 13.1 Å². The highest BCUT2D eigenvalue weighted by molar-refractivity contribution is 5.93. The minimum Gasteiger partial charge on any atom is -0.465 e. The van der Waals surface area contributed by atoms with Gasteiger partial charge in [0.05, 0.1) is 6.04 Å². The average Bonchev–Trinajstić information content (AvgIpc) is 3.08. The number of H-pyrrole nitrogens is 1. The number of rotatable bonds is 3. The molecule has 0 aromatic carbocycles. The van der Waals surface area contributed by atoms with Crippen molar-refractivity contribution in [1.82, 2.24) is 20.0 Å². The lowest BCUT2D eigenvalue weighted by atomic mass is 9.98. The average molecular weight is 306 g/mol. The van der Waals surface area contributed by atoms with Crippen LogP contribution < -0.4 is 0 Å². The van der Waals surface area contributed by atoms with Crippen molar-refractivity contribution in [3.05, 3.63) is 17.5 Å². The minimum absolute atomic E-state index is 0.126. The molecule has 1 saturated carbocycles. The van der Waals surface area contributed by atoms with Crippen LogP contribution in [0.25, 0.3) is 0 Å². The summed E-state index contributed by atoms with van der Waals surface area (Å²) in [5.74, 6) is 0.403. The summed E-state index contributed by atoms with van der Waals surface area (Å²) in [6.07, 6.45) is 1.36. The lowest BCUT2D eigenvalue weighted by Gasteiger charge is -2.48. The molecule has 120 valence electrons. The Balaban J connectivity index is 1.62. The summed E-state index contributed by atoms with van der Waals surface area (Å²) in [6, 6.07) is 1.68. The van der Waals surface area contributed by atoms with E-state index in [4.69, 9.17) is 0 Å². The molecule has 1 aliphatic carbocycles. The molecule has 2 aliphatic rings. The van der Waals surface area contributed by atoms with Gasteiger partial charge in [-0.25, -0.2) is 4.79 Å². The Bertz CT molecular complexity index is 594. The first-order valence-electron chi connectivity index (χ1n) is 7.64. The summed E-state index contributed by atoms with van der Waals surface area (Å²) in [5, 5.41) is 16.4. The number of amides is 2. The molecular weight excluding hydrogens is 284 g/mol. The van der Waals surface area contributed by atoms with Gasteiger partial charge in [0.25, 0.3) is 5.91 Å². The number of nitrogens with zero attached hydrogens (tertiary/aromatic N) is 3. The normalized spacial score (nSPS) is 19.0. The van der Waals surface area contributed by atoms with Crippen molar-refractivity contribution in [2.45, 2.75) is 51.1 Å². The van der Waals surface area contributed by atoms with Crippen molar-refractivity contribution in [3.63, 3.8) is 0 Å². The summed E-state index contributed by atoms with van der Waals surface area (Å²) in [7, 11) is 0. The third-order valence-corrected chi connectivity index (χ3v) is 4.28. The first-order chi connectivity index (χ1) is 10.3. The Morgan fingerprint density at radius 2 is 2.00 bits per heavy atom. The van der Waals surface area contributed by atoms with E-state index in [0.29, 0.717) is 24.7 Å². The molecule has 7 nitrogen and oxygen atoms in total. The summed E-state index contributed by atoms with van der Waals surface area (Å²) in [6.45, 7) is 6.44. The van der Waals surface area contributed by atoms with E-state index in [2.05, 4.69) is 10.2 Å². The summed E-state index contributed by atoms with van der Waals surface area (Å²) in [5.41, 5.74) is 0.983. The summed E-state index contributed by atoms with van der Waals surface area (Å²) >= 11 is 0. The highest BCUT2D eigenvalue weighted by Gasteiger charge is 2.42. The van der Waals surface area contributed by atoms with Crippen LogP contribution in [0.5, 0.6) is 0 Å². The number of likely N-dealkylation sites (tertiary alicyclic amines) is 1. The van der Waals surface area contributed by atoms with Crippen LogP contribution in [0, 0.1) is 0 Å². The number of aromatic amines is 1. The first-order valence-corrected chi connectivity index (χ1v) is 7.64. The zero-order chi connectivity index (χ0) is 16.1. The fourth-order valence-corrected chi connectivity index (χ4v) is 2.99. The predicted molar refractivity (Wildman–Crippen MR) is 79.9 cm³/mol. The molecule has 0 unspecified atom stereocenters. The molecule has 0 radical (unpaired) electrons. The van der Waals surface area contributed by atoms with Gasteiger partial charge in [-0.15, -0.1) is 0 Å². The molecule has 3 rings (SSSR count). The molecule has 1 aliphatic heterocycles. The Morgan fingerprint density at radius 3 is 2.50 bits per heavy atom. The maximum Gasteiger partial charge on any atom is 0.408 e. The van der Waals surface area contributed by atoms with Crippen LogP contribution >= 0.6 is 0 Å². The van der Waals surface area contributed by atoms with Crippen LogP contribution in [0.2, 0.25) is 0 Å². The van der Waals surface area contributed by atoms with Crippen molar-refractivity contribution in [3.8, 4) is 0 Å². The largest absolute Gasteiger partial charge is 0.465 e. The molecule has 7 heteroatoms. The van der Waals surface area contributed by atoms with Crippen LogP contribution in [0.3, 0.4) is 0 Å². The molecule has 2 heterocycles. The topological polar surface area (TPSA) is 89.5 Å². The molecule has 0 spiro atoms. The van der Waals surface area contributed by atoms with E-state index in [1.807, 2.05) is 26.8 Å². The zero-order valence-electron chi connectivity index (χ0n) is 13.2. The monoisotopic (exact) mass is 306 g/mol. The quantitative estimate of drug-likeness (QED) is 0.892. The Labute approximate surface area is 129 Å². The van der Waals surface area contributed by atoms with Crippen LogP contribution in [0.4, 0.5) is 4.79 Å². The third kappa shape index (κ3) is 2.67. The summed E-state index contributed by atoms with van der Waals surface area (Å²) < 4.78 is 0. The van der Waals surface area contributed by atoms with E-state index in [1.54, 1.807) is 4.90 Å². The number of hydrogen-bond acceptors (Lipinski definition) is 3. The highest BCUT2D eigenvalue weighted by Crippen LogP contribution is 2.39. The molecular formula is C15H22N4O3. The molecule has 1 aromatic heterocycles. The van der Waals surface area contributed by atoms with Gasteiger partial charge in [-0.3, -0.25) is 14.8 Å². The lowest BCUT2D eigenvalue weighted by molar-refractivity contribution is -0.00135. The van der Waals surface area contributed by atoms with Crippen molar-refractivity contribution < 1.29 is 14.7 Å². The van der Waals surface area contributed by atoms with E-state index in [-0.39, 0.29) is 11.9 Å². The summed E-state index contributed by atoms with van der Waals surface area (Å²) in [4.78, 5) is 26.8. The van der Waals surface area contributed by atoms with Gasteiger partial charge in [0.2, 0.25) is 0 Å². The standard InChI is InChI=1S/C15H22N4O3/c1-15(2,3)19(14(21)22)10-7-18(8-10)13(20)12-6-11(16-17-12)9-4-5-9/h6,9-10H,4-5,7-8H2,1-3H3,(H,16,17)(H,21,22). The Hall–Kier alpha value is -2.05. The fourth-order valence-electron chi connectivity index (χ4n) is 2.99. The first kappa shape index (κ1) is 14.9. The van der Waals surface area contributed by atoms with Crippen molar-refractivity contribution in [1.29, 1.82) is 0 Å². The molecule has 2 fully saturated rings. The SMILES string of the molecule is CC(C)(C)N(C(=O)O)C1CN(C(=O)c2cc(C3CC3)[nH]n2)C1. The number of carboxylic acid groups (broad SMARTS) is 1. The van der Waals surface area contributed by atoms with E-state index in [1.165, 1.54) is 4.90 Å². The van der Waals surface area contributed by atoms with Gasteiger partial charge < -0.3 is 10.0 Å². The van der Waals surface area contributed by atoms with Crippen molar-refractivity contribution >= 4 is 12.0 Å². The van der Waals surface area contributed by atoms with Crippen LogP contribution in [-0.2, 0) is 0 Å². The third-order valence-electron chi connectivity index (χ3n) is 4.28. The second-order valence-corrected chi connectivity index (χ2v) is 7.17. The minimum atomic E-state index is -0.944. The molecule has 2 amide bonds. The lowest BCUT2D eigenvalue weighted by Crippen LogP contribution is -2.66. The number of carbonyl (C=O) groups is 2. The molecule has 2 N–H and O–H groups in total. The van der Waals surface area contributed by atoms with Gasteiger partial charge in [-0.05, 0) is 39.7 Å². The molecule has 22 heavy (non-hydrogen) atoms. The van der Waals surface area contributed by atoms with E-state index < -0.39 is 11.6 Å². The number of aromatic nitrogens is 2. The maximum atomic E-state index is 12.3. The second kappa shape index (κ2) is 5.00. The number of nitrogens with one attached hydrogen (secondary N) is 1. The highest BCUT2D eigenvalue weighted by atomic mass is 16.4. The Kier molecular flexibility index (Phi) is 3.38. The van der Waals surface area contributed by atoms with Gasteiger partial charge in [0.15, 0.2) is 0 Å². The smallest absolute Gasteiger partial charge is 0.408 e. The Morgan fingerprint density at radius 1 is 1.36 bits per heavy atom. The van der Waals surface area contributed by atoms with E-state index >= 15 is 0 Å². The second-order valence-electron chi connectivity index (χ2n) is 7.17. The number of carbonyl (C=O) groups excluding carboxylic acids is 1. The van der Waals surface area contributed by atoms with Gasteiger partial charge in [-0.1, -0.05) is 0 Å². The van der Waals surface area contributed by atoms with E-state index in [0.717, 1.165) is 18.5 Å². The molecule has 0 atom stereocenters.